The number of ether oxygens (including phenoxy) is 1. The third-order valence-corrected chi connectivity index (χ3v) is 6.04. The lowest BCUT2D eigenvalue weighted by Crippen LogP contribution is -2.44. The predicted octanol–water partition coefficient (Wildman–Crippen LogP) is 6.79. The van der Waals surface area contributed by atoms with Crippen molar-refractivity contribution in [1.82, 2.24) is 0 Å². The van der Waals surface area contributed by atoms with E-state index in [-0.39, 0.29) is 28.1 Å². The molecule has 0 aliphatic heterocycles. The van der Waals surface area contributed by atoms with Crippen molar-refractivity contribution in [2.24, 2.45) is 22.2 Å². The van der Waals surface area contributed by atoms with Crippen molar-refractivity contribution < 1.29 is 14.3 Å². The van der Waals surface area contributed by atoms with Crippen LogP contribution in [0.3, 0.4) is 0 Å². The molecule has 0 amide bonds. The molecule has 3 heteroatoms. The minimum Gasteiger partial charge on any atom is -0.376 e. The molecule has 0 aliphatic carbocycles. The summed E-state index contributed by atoms with van der Waals surface area (Å²) < 4.78 is 6.22. The lowest BCUT2D eigenvalue weighted by atomic mass is 9.63. The van der Waals surface area contributed by atoms with Crippen LogP contribution in [-0.2, 0) is 14.3 Å². The van der Waals surface area contributed by atoms with Crippen LogP contribution in [0.1, 0.15) is 101 Å². The van der Waals surface area contributed by atoms with Crippen LogP contribution < -0.4 is 0 Å². The molecule has 0 spiro atoms. The summed E-state index contributed by atoms with van der Waals surface area (Å²) in [5, 5.41) is 0. The van der Waals surface area contributed by atoms with Gasteiger partial charge in [0, 0.05) is 24.4 Å². The Hall–Kier alpha value is -0.960. The van der Waals surface area contributed by atoms with E-state index in [1.807, 2.05) is 6.08 Å². The van der Waals surface area contributed by atoms with Crippen molar-refractivity contribution in [3.05, 3.63) is 12.7 Å². The molecule has 2 unspecified atom stereocenters. The maximum atomic E-state index is 13.7. The minimum atomic E-state index is -0.475. The summed E-state index contributed by atoms with van der Waals surface area (Å²) in [7, 11) is 0. The molecule has 2 atom stereocenters. The van der Waals surface area contributed by atoms with Crippen LogP contribution in [0.15, 0.2) is 12.7 Å². The number of rotatable bonds is 14. The van der Waals surface area contributed by atoms with E-state index in [9.17, 15) is 9.59 Å². The van der Waals surface area contributed by atoms with Gasteiger partial charge >= 0.3 is 0 Å². The number of Topliss-reactive ketones (excluding diaryl/α,β-unsaturated/α-hetero) is 1. The Morgan fingerprint density at radius 2 is 1.64 bits per heavy atom. The van der Waals surface area contributed by atoms with Crippen molar-refractivity contribution >= 4 is 12.1 Å². The van der Waals surface area contributed by atoms with Gasteiger partial charge in [0.1, 0.15) is 12.1 Å². The Kier molecular flexibility index (Phi) is 10.3. The van der Waals surface area contributed by atoms with E-state index in [1.54, 1.807) is 0 Å². The fourth-order valence-corrected chi connectivity index (χ4v) is 4.06. The number of carbonyl (C=O) groups excluding carboxylic acids is 2. The molecule has 0 N–H and O–H groups in total. The largest absolute Gasteiger partial charge is 0.376 e. The van der Waals surface area contributed by atoms with Crippen LogP contribution in [0, 0.1) is 22.2 Å². The minimum absolute atomic E-state index is 0.161. The molecule has 0 saturated carbocycles. The maximum Gasteiger partial charge on any atom is 0.142 e. The highest BCUT2D eigenvalue weighted by molar-refractivity contribution is 5.87. The summed E-state index contributed by atoms with van der Waals surface area (Å²) in [6.07, 6.45) is 7.01. The molecule has 0 rings (SSSR count). The second-order valence-electron chi connectivity index (χ2n) is 11.2. The van der Waals surface area contributed by atoms with Gasteiger partial charge in [-0.1, -0.05) is 54.5 Å². The van der Waals surface area contributed by atoms with E-state index in [0.717, 1.165) is 25.5 Å². The van der Waals surface area contributed by atoms with Crippen LogP contribution in [0.5, 0.6) is 0 Å². The smallest absolute Gasteiger partial charge is 0.142 e. The van der Waals surface area contributed by atoms with Crippen LogP contribution >= 0.6 is 0 Å². The van der Waals surface area contributed by atoms with Crippen LogP contribution in [0.2, 0.25) is 0 Å². The van der Waals surface area contributed by atoms with Crippen LogP contribution in [0.25, 0.3) is 0 Å². The van der Waals surface area contributed by atoms with Crippen molar-refractivity contribution in [3.63, 3.8) is 0 Å². The third kappa shape index (κ3) is 9.03. The van der Waals surface area contributed by atoms with E-state index in [1.165, 1.54) is 0 Å². The van der Waals surface area contributed by atoms with Gasteiger partial charge in [-0.2, -0.15) is 0 Å². The highest BCUT2D eigenvalue weighted by atomic mass is 16.5. The van der Waals surface area contributed by atoms with Crippen LogP contribution in [0.4, 0.5) is 0 Å². The Labute approximate surface area is 174 Å². The van der Waals surface area contributed by atoms with Gasteiger partial charge in [0.05, 0.1) is 5.60 Å². The van der Waals surface area contributed by atoms with E-state index in [2.05, 4.69) is 68.9 Å². The molecule has 0 saturated heterocycles. The monoisotopic (exact) mass is 394 g/mol. The zero-order chi connectivity index (χ0) is 22.2. The summed E-state index contributed by atoms with van der Waals surface area (Å²) in [6, 6.07) is 0. The number of allylic oxidation sites excluding steroid dienone is 1. The zero-order valence-electron chi connectivity index (χ0n) is 20.1. The molecule has 164 valence electrons. The molecule has 3 nitrogen and oxygen atoms in total. The second-order valence-corrected chi connectivity index (χ2v) is 11.2. The van der Waals surface area contributed by atoms with Crippen molar-refractivity contribution in [2.45, 2.75) is 106 Å². The first-order valence-corrected chi connectivity index (χ1v) is 10.9. The highest BCUT2D eigenvalue weighted by Crippen LogP contribution is 2.44. The van der Waals surface area contributed by atoms with Crippen molar-refractivity contribution in [1.29, 1.82) is 0 Å². The first-order chi connectivity index (χ1) is 12.6. The van der Waals surface area contributed by atoms with Gasteiger partial charge in [0.15, 0.2) is 0 Å². The van der Waals surface area contributed by atoms with E-state index >= 15 is 0 Å². The standard InChI is InChI=1S/C25H46O3/c1-11-15-23(6,7)20(14-13-17-26)21(27)25(10,12-2)19-24(8,9)28-18-16-22(3,4)5/h11,17,20H,1,12-16,18-19H2,2-10H3. The Morgan fingerprint density at radius 1 is 1.07 bits per heavy atom. The van der Waals surface area contributed by atoms with E-state index in [0.29, 0.717) is 25.9 Å². The number of ketones is 1. The molecule has 0 aromatic carbocycles. The number of hydrogen-bond acceptors (Lipinski definition) is 3. The second kappa shape index (κ2) is 10.7. The molecular formula is C25H46O3. The SMILES string of the molecule is C=CCC(C)(C)C(CCC=O)C(=O)C(C)(CC)CC(C)(C)OCCC(C)(C)C. The molecule has 0 aromatic heterocycles. The zero-order valence-corrected chi connectivity index (χ0v) is 20.1. The number of aldehydes is 1. The maximum absolute atomic E-state index is 13.7. The summed E-state index contributed by atoms with van der Waals surface area (Å²) >= 11 is 0. The lowest BCUT2D eigenvalue weighted by Gasteiger charge is -2.42. The quantitative estimate of drug-likeness (QED) is 0.240. The van der Waals surface area contributed by atoms with Gasteiger partial charge in [0.2, 0.25) is 0 Å². The van der Waals surface area contributed by atoms with Crippen LogP contribution in [-0.4, -0.2) is 24.3 Å². The molecule has 0 radical (unpaired) electrons. The van der Waals surface area contributed by atoms with Gasteiger partial charge in [-0.3, -0.25) is 4.79 Å². The summed E-state index contributed by atoms with van der Waals surface area (Å²) in [6.45, 7) is 23.8. The molecule has 0 aromatic rings. The highest BCUT2D eigenvalue weighted by Gasteiger charge is 2.45. The molecule has 0 heterocycles. The Morgan fingerprint density at radius 3 is 2.07 bits per heavy atom. The lowest BCUT2D eigenvalue weighted by molar-refractivity contribution is -0.142. The normalized spacial score (nSPS) is 16.3. The van der Waals surface area contributed by atoms with E-state index < -0.39 is 5.41 Å². The fraction of sp³-hybridized carbons (Fsp3) is 0.840. The molecule has 28 heavy (non-hydrogen) atoms. The van der Waals surface area contributed by atoms with E-state index in [4.69, 9.17) is 4.74 Å². The average molecular weight is 395 g/mol. The van der Waals surface area contributed by atoms with Gasteiger partial charge in [-0.05, 0) is 56.8 Å². The summed E-state index contributed by atoms with van der Waals surface area (Å²) in [4.78, 5) is 24.7. The molecular weight excluding hydrogens is 348 g/mol. The van der Waals surface area contributed by atoms with Crippen molar-refractivity contribution in [3.8, 4) is 0 Å². The third-order valence-electron chi connectivity index (χ3n) is 6.04. The summed E-state index contributed by atoms with van der Waals surface area (Å²) in [5.41, 5.74) is -0.829. The Balaban J connectivity index is 5.48. The molecule has 0 bridgehead atoms. The number of carbonyl (C=O) groups is 2. The molecule has 0 fully saturated rings. The fourth-order valence-electron chi connectivity index (χ4n) is 4.06. The molecule has 0 aliphatic rings. The van der Waals surface area contributed by atoms with Gasteiger partial charge in [-0.25, -0.2) is 0 Å². The first kappa shape index (κ1) is 27.0. The van der Waals surface area contributed by atoms with Gasteiger partial charge in [0.25, 0.3) is 0 Å². The van der Waals surface area contributed by atoms with Gasteiger partial charge in [-0.15, -0.1) is 6.58 Å². The van der Waals surface area contributed by atoms with Crippen molar-refractivity contribution in [2.75, 3.05) is 6.61 Å². The predicted molar refractivity (Wildman–Crippen MR) is 120 cm³/mol. The topological polar surface area (TPSA) is 43.4 Å². The first-order valence-electron chi connectivity index (χ1n) is 10.9. The Bertz CT molecular complexity index is 510. The van der Waals surface area contributed by atoms with Gasteiger partial charge < -0.3 is 9.53 Å². The number of hydrogen-bond donors (Lipinski definition) is 0. The average Bonchev–Trinajstić information content (AvgIpc) is 2.52. The summed E-state index contributed by atoms with van der Waals surface area (Å²) in [5.74, 6) is 0.0993.